The van der Waals surface area contributed by atoms with Crippen molar-refractivity contribution < 1.29 is 28.5 Å². The van der Waals surface area contributed by atoms with Crippen molar-refractivity contribution in [1.82, 2.24) is 0 Å². The molecule has 2 fully saturated rings. The zero-order valence-electron chi connectivity index (χ0n) is 12.9. The van der Waals surface area contributed by atoms with E-state index >= 15 is 0 Å². The van der Waals surface area contributed by atoms with Crippen LogP contribution in [-0.4, -0.2) is 45.7 Å². The van der Waals surface area contributed by atoms with Crippen LogP contribution in [0.15, 0.2) is 0 Å². The van der Waals surface area contributed by atoms with Crippen molar-refractivity contribution in [2.75, 3.05) is 27.6 Å². The van der Waals surface area contributed by atoms with Gasteiger partial charge in [0.05, 0.1) is 19.8 Å². The Bertz CT molecular complexity index is 396. The molecule has 0 aromatic carbocycles. The van der Waals surface area contributed by atoms with Crippen LogP contribution >= 0.6 is 0 Å². The van der Waals surface area contributed by atoms with Crippen molar-refractivity contribution in [2.24, 2.45) is 17.3 Å². The number of ether oxygens (including phenoxy) is 4. The maximum Gasteiger partial charge on any atom is 0.320 e. The van der Waals surface area contributed by atoms with Gasteiger partial charge in [-0.1, -0.05) is 13.3 Å². The third-order valence-corrected chi connectivity index (χ3v) is 4.95. The van der Waals surface area contributed by atoms with Crippen LogP contribution in [0.25, 0.3) is 0 Å². The Morgan fingerprint density at radius 2 is 2.14 bits per heavy atom. The SMILES string of the molecule is COCO[C@@H]1CCC[C@@H]2[C@@H](C(=O)OC)C(=O)OCC[C@]21C. The van der Waals surface area contributed by atoms with Crippen molar-refractivity contribution in [3.63, 3.8) is 0 Å². The van der Waals surface area contributed by atoms with E-state index in [0.29, 0.717) is 13.0 Å². The fraction of sp³-hybridized carbons (Fsp3) is 0.867. The van der Waals surface area contributed by atoms with E-state index < -0.39 is 17.9 Å². The minimum Gasteiger partial charge on any atom is -0.468 e. The molecule has 1 aliphatic heterocycles. The number of hydrogen-bond acceptors (Lipinski definition) is 6. The van der Waals surface area contributed by atoms with Gasteiger partial charge in [-0.25, -0.2) is 0 Å². The largest absolute Gasteiger partial charge is 0.468 e. The topological polar surface area (TPSA) is 71.1 Å². The summed E-state index contributed by atoms with van der Waals surface area (Å²) in [6.45, 7) is 2.60. The second kappa shape index (κ2) is 6.75. The van der Waals surface area contributed by atoms with Crippen LogP contribution in [0.5, 0.6) is 0 Å². The van der Waals surface area contributed by atoms with Gasteiger partial charge >= 0.3 is 11.9 Å². The van der Waals surface area contributed by atoms with Crippen LogP contribution in [0.1, 0.15) is 32.6 Å². The van der Waals surface area contributed by atoms with E-state index in [4.69, 9.17) is 18.9 Å². The van der Waals surface area contributed by atoms with Gasteiger partial charge in [0, 0.05) is 12.5 Å². The Kier molecular flexibility index (Phi) is 5.22. The third-order valence-electron chi connectivity index (χ3n) is 4.95. The number of hydrogen-bond donors (Lipinski definition) is 0. The molecule has 1 saturated heterocycles. The molecule has 1 saturated carbocycles. The van der Waals surface area contributed by atoms with E-state index in [9.17, 15) is 9.59 Å². The zero-order valence-corrected chi connectivity index (χ0v) is 12.9. The molecule has 0 aromatic rings. The predicted molar refractivity (Wildman–Crippen MR) is 73.3 cm³/mol. The van der Waals surface area contributed by atoms with E-state index in [2.05, 4.69) is 6.92 Å². The highest BCUT2D eigenvalue weighted by atomic mass is 16.7. The number of cyclic esters (lactones) is 1. The van der Waals surface area contributed by atoms with Gasteiger partial charge in [0.15, 0.2) is 5.92 Å². The molecule has 6 nitrogen and oxygen atoms in total. The first-order valence-electron chi connectivity index (χ1n) is 7.39. The van der Waals surface area contributed by atoms with Crippen molar-refractivity contribution >= 4 is 11.9 Å². The standard InChI is InChI=1S/C15H24O6/c1-15-7-8-20-14(17)12(13(16)19-3)10(15)5-4-6-11(15)21-9-18-2/h10-12H,4-9H2,1-3H3/t10-,11-,12+,15-/m1/s1. The lowest BCUT2D eigenvalue weighted by molar-refractivity contribution is -0.172. The number of carbonyl (C=O) groups is 2. The molecule has 0 amide bonds. The number of methoxy groups -OCH3 is 2. The van der Waals surface area contributed by atoms with Gasteiger partial charge < -0.3 is 18.9 Å². The van der Waals surface area contributed by atoms with Crippen molar-refractivity contribution in [1.29, 1.82) is 0 Å². The second-order valence-corrected chi connectivity index (χ2v) is 6.02. The van der Waals surface area contributed by atoms with Crippen molar-refractivity contribution in [3.05, 3.63) is 0 Å². The molecule has 0 aromatic heterocycles. The second-order valence-electron chi connectivity index (χ2n) is 6.02. The molecule has 21 heavy (non-hydrogen) atoms. The molecule has 2 aliphatic rings. The lowest BCUT2D eigenvalue weighted by Crippen LogP contribution is -2.49. The maximum atomic E-state index is 12.1. The first-order valence-corrected chi connectivity index (χ1v) is 7.39. The summed E-state index contributed by atoms with van der Waals surface area (Å²) in [5.74, 6) is -1.94. The average molecular weight is 300 g/mol. The van der Waals surface area contributed by atoms with Crippen molar-refractivity contribution in [2.45, 2.75) is 38.7 Å². The molecule has 2 rings (SSSR count). The van der Waals surface area contributed by atoms with Gasteiger partial charge in [-0.2, -0.15) is 0 Å². The quantitative estimate of drug-likeness (QED) is 0.445. The fourth-order valence-corrected chi connectivity index (χ4v) is 3.75. The molecule has 1 aliphatic carbocycles. The third kappa shape index (κ3) is 3.06. The lowest BCUT2D eigenvalue weighted by Gasteiger charge is -2.47. The van der Waals surface area contributed by atoms with Crippen LogP contribution in [0.2, 0.25) is 0 Å². The predicted octanol–water partition coefficient (Wildman–Crippen LogP) is 1.52. The highest BCUT2D eigenvalue weighted by Gasteiger charge is 2.54. The first-order chi connectivity index (χ1) is 10.0. The summed E-state index contributed by atoms with van der Waals surface area (Å²) in [6, 6.07) is 0. The number of fused-ring (bicyclic) bond motifs is 1. The van der Waals surface area contributed by atoms with Gasteiger partial charge in [-0.15, -0.1) is 0 Å². The number of esters is 2. The molecule has 6 heteroatoms. The van der Waals surface area contributed by atoms with Gasteiger partial charge in [-0.3, -0.25) is 9.59 Å². The van der Waals surface area contributed by atoms with Crippen LogP contribution in [-0.2, 0) is 28.5 Å². The Labute approximate surface area is 125 Å². The van der Waals surface area contributed by atoms with Gasteiger partial charge in [-0.05, 0) is 25.2 Å². The van der Waals surface area contributed by atoms with Crippen LogP contribution in [0, 0.1) is 17.3 Å². The average Bonchev–Trinajstić information content (AvgIpc) is 2.60. The lowest BCUT2D eigenvalue weighted by atomic mass is 9.60. The highest BCUT2D eigenvalue weighted by Crippen LogP contribution is 2.50. The number of rotatable bonds is 4. The molecule has 120 valence electrons. The van der Waals surface area contributed by atoms with Gasteiger partial charge in [0.2, 0.25) is 0 Å². The van der Waals surface area contributed by atoms with Gasteiger partial charge in [0.1, 0.15) is 6.79 Å². The molecular formula is C15H24O6. The van der Waals surface area contributed by atoms with Gasteiger partial charge in [0.25, 0.3) is 0 Å². The fourth-order valence-electron chi connectivity index (χ4n) is 3.75. The summed E-state index contributed by atoms with van der Waals surface area (Å²) >= 11 is 0. The van der Waals surface area contributed by atoms with E-state index in [1.165, 1.54) is 7.11 Å². The van der Waals surface area contributed by atoms with Crippen LogP contribution in [0.4, 0.5) is 0 Å². The molecule has 0 bridgehead atoms. The summed E-state index contributed by atoms with van der Waals surface area (Å²) in [7, 11) is 2.89. The summed E-state index contributed by atoms with van der Waals surface area (Å²) in [6.07, 6.45) is 3.26. The molecule has 0 radical (unpaired) electrons. The Balaban J connectivity index is 2.29. The van der Waals surface area contributed by atoms with E-state index in [0.717, 1.165) is 19.3 Å². The van der Waals surface area contributed by atoms with Crippen LogP contribution in [0.3, 0.4) is 0 Å². The Morgan fingerprint density at radius 1 is 1.38 bits per heavy atom. The molecule has 0 unspecified atom stereocenters. The summed E-state index contributed by atoms with van der Waals surface area (Å²) in [4.78, 5) is 24.2. The molecular weight excluding hydrogens is 276 g/mol. The number of carbonyl (C=O) groups excluding carboxylic acids is 2. The van der Waals surface area contributed by atoms with Crippen LogP contribution < -0.4 is 0 Å². The molecule has 0 spiro atoms. The minimum absolute atomic E-state index is 0.0437. The monoisotopic (exact) mass is 300 g/mol. The smallest absolute Gasteiger partial charge is 0.320 e. The highest BCUT2D eigenvalue weighted by molar-refractivity contribution is 5.95. The van der Waals surface area contributed by atoms with Crippen molar-refractivity contribution in [3.8, 4) is 0 Å². The maximum absolute atomic E-state index is 12.1. The minimum atomic E-state index is -0.851. The molecule has 1 heterocycles. The van der Waals surface area contributed by atoms with E-state index in [1.54, 1.807) is 7.11 Å². The molecule has 0 N–H and O–H groups in total. The normalized spacial score (nSPS) is 36.3. The molecule has 4 atom stereocenters. The zero-order chi connectivity index (χ0) is 15.5. The Morgan fingerprint density at radius 3 is 2.81 bits per heavy atom. The Hall–Kier alpha value is -1.14. The first kappa shape index (κ1) is 16.2. The van der Waals surface area contributed by atoms with E-state index in [1.807, 2.05) is 0 Å². The summed E-state index contributed by atoms with van der Waals surface area (Å²) in [5.41, 5.74) is -0.290. The summed E-state index contributed by atoms with van der Waals surface area (Å²) < 4.78 is 20.9. The summed E-state index contributed by atoms with van der Waals surface area (Å²) in [5, 5.41) is 0. The van der Waals surface area contributed by atoms with E-state index in [-0.39, 0.29) is 24.2 Å².